The highest BCUT2D eigenvalue weighted by molar-refractivity contribution is 5.69. The van der Waals surface area contributed by atoms with Gasteiger partial charge >= 0.3 is 11.9 Å². The van der Waals surface area contributed by atoms with Gasteiger partial charge in [0.1, 0.15) is 6.10 Å². The van der Waals surface area contributed by atoms with Gasteiger partial charge in [-0.1, -0.05) is 213 Å². The topological polar surface area (TPSA) is 63.6 Å². The number of rotatable bonds is 41. The Hall–Kier alpha value is -1.06. The molecule has 0 aromatic heterocycles. The van der Waals surface area contributed by atoms with Crippen LogP contribution in [0.3, 0.4) is 0 Å². The standard InChI is InChI=1S/C44H86O4/c1-3-5-7-9-11-13-15-17-19-20-21-23-25-27-29-31-37-41-44(47)48-42(39-35-32-33-36-40-43(45)46)38-34-30-28-26-24-22-18-16-14-12-10-8-6-4-2/h42H,3-41H2,1-2H3,(H,45,46). The van der Waals surface area contributed by atoms with Crippen LogP contribution in [0.25, 0.3) is 0 Å². The molecular formula is C44H86O4. The minimum atomic E-state index is -0.705. The summed E-state index contributed by atoms with van der Waals surface area (Å²) >= 11 is 0. The SMILES string of the molecule is CCCCCCCCCCCCCCCCCCCC(=O)OC(CCCCCCCCCCCCCCCC)CCCCCCC(=O)O. The molecule has 0 radical (unpaired) electrons. The third kappa shape index (κ3) is 39.4. The molecule has 0 aromatic carbocycles. The van der Waals surface area contributed by atoms with E-state index in [4.69, 9.17) is 9.84 Å². The van der Waals surface area contributed by atoms with Crippen LogP contribution in [-0.2, 0) is 14.3 Å². The average molecular weight is 679 g/mol. The van der Waals surface area contributed by atoms with Gasteiger partial charge < -0.3 is 9.84 Å². The lowest BCUT2D eigenvalue weighted by atomic mass is 10.0. The van der Waals surface area contributed by atoms with Crippen LogP contribution in [0.1, 0.15) is 264 Å². The molecule has 0 saturated carbocycles. The zero-order valence-corrected chi connectivity index (χ0v) is 32.8. The first-order valence-corrected chi connectivity index (χ1v) is 22.0. The van der Waals surface area contributed by atoms with Gasteiger partial charge in [-0.25, -0.2) is 0 Å². The minimum Gasteiger partial charge on any atom is -0.481 e. The predicted octanol–water partition coefficient (Wildman–Crippen LogP) is 15.2. The Bertz CT molecular complexity index is 648. The van der Waals surface area contributed by atoms with Crippen molar-refractivity contribution in [2.45, 2.75) is 270 Å². The van der Waals surface area contributed by atoms with Gasteiger partial charge in [-0.3, -0.25) is 9.59 Å². The van der Waals surface area contributed by atoms with E-state index in [-0.39, 0.29) is 18.5 Å². The summed E-state index contributed by atoms with van der Waals surface area (Å²) in [7, 11) is 0. The van der Waals surface area contributed by atoms with E-state index in [1.165, 1.54) is 180 Å². The molecule has 1 N–H and O–H groups in total. The monoisotopic (exact) mass is 679 g/mol. The van der Waals surface area contributed by atoms with Crippen molar-refractivity contribution in [3.05, 3.63) is 0 Å². The maximum absolute atomic E-state index is 12.7. The molecule has 0 aliphatic heterocycles. The maximum atomic E-state index is 12.7. The second-order valence-electron chi connectivity index (χ2n) is 15.3. The summed E-state index contributed by atoms with van der Waals surface area (Å²) in [5.41, 5.74) is 0. The van der Waals surface area contributed by atoms with Crippen molar-refractivity contribution in [2.24, 2.45) is 0 Å². The highest BCUT2D eigenvalue weighted by atomic mass is 16.5. The first kappa shape index (κ1) is 46.9. The molecule has 0 fully saturated rings. The molecule has 0 spiro atoms. The van der Waals surface area contributed by atoms with Crippen molar-refractivity contribution >= 4 is 11.9 Å². The van der Waals surface area contributed by atoms with Gasteiger partial charge in [0.25, 0.3) is 0 Å². The first-order valence-electron chi connectivity index (χ1n) is 22.0. The molecule has 4 heteroatoms. The van der Waals surface area contributed by atoms with E-state index < -0.39 is 5.97 Å². The molecule has 1 atom stereocenters. The fourth-order valence-electron chi connectivity index (χ4n) is 7.07. The largest absolute Gasteiger partial charge is 0.481 e. The van der Waals surface area contributed by atoms with E-state index in [0.717, 1.165) is 57.8 Å². The van der Waals surface area contributed by atoms with Gasteiger partial charge in [0.2, 0.25) is 0 Å². The van der Waals surface area contributed by atoms with E-state index in [1.54, 1.807) is 0 Å². The highest BCUT2D eigenvalue weighted by Crippen LogP contribution is 2.19. The van der Waals surface area contributed by atoms with Crippen LogP contribution in [0.2, 0.25) is 0 Å². The number of aliphatic carboxylic acids is 1. The summed E-state index contributed by atoms with van der Waals surface area (Å²) < 4.78 is 6.00. The smallest absolute Gasteiger partial charge is 0.306 e. The summed E-state index contributed by atoms with van der Waals surface area (Å²) in [6, 6.07) is 0. The molecular weight excluding hydrogens is 592 g/mol. The quantitative estimate of drug-likeness (QED) is 0.0516. The number of hydrogen-bond donors (Lipinski definition) is 1. The van der Waals surface area contributed by atoms with Gasteiger partial charge in [0, 0.05) is 12.8 Å². The molecule has 0 bridgehead atoms. The van der Waals surface area contributed by atoms with Crippen molar-refractivity contribution in [3.8, 4) is 0 Å². The van der Waals surface area contributed by atoms with E-state index in [9.17, 15) is 9.59 Å². The Morgan fingerprint density at radius 2 is 0.625 bits per heavy atom. The molecule has 0 amide bonds. The molecule has 4 nitrogen and oxygen atoms in total. The summed E-state index contributed by atoms with van der Waals surface area (Å²) in [4.78, 5) is 23.5. The number of unbranched alkanes of at least 4 members (excludes halogenated alkanes) is 32. The average Bonchev–Trinajstić information content (AvgIpc) is 3.07. The lowest BCUT2D eigenvalue weighted by Crippen LogP contribution is -2.18. The summed E-state index contributed by atoms with van der Waals surface area (Å²) in [6.07, 6.45) is 48.5. The summed E-state index contributed by atoms with van der Waals surface area (Å²) in [5, 5.41) is 8.87. The van der Waals surface area contributed by atoms with Crippen molar-refractivity contribution < 1.29 is 19.4 Å². The van der Waals surface area contributed by atoms with Crippen LogP contribution in [-0.4, -0.2) is 23.1 Å². The van der Waals surface area contributed by atoms with Gasteiger partial charge in [0.15, 0.2) is 0 Å². The van der Waals surface area contributed by atoms with Gasteiger partial charge in [-0.2, -0.15) is 0 Å². The van der Waals surface area contributed by atoms with E-state index >= 15 is 0 Å². The Balaban J connectivity index is 3.89. The van der Waals surface area contributed by atoms with Crippen molar-refractivity contribution in [3.63, 3.8) is 0 Å². The molecule has 0 aliphatic carbocycles. The molecule has 0 aliphatic rings. The van der Waals surface area contributed by atoms with Crippen LogP contribution in [0.5, 0.6) is 0 Å². The van der Waals surface area contributed by atoms with Crippen molar-refractivity contribution in [2.75, 3.05) is 0 Å². The Kier molecular flexibility index (Phi) is 39.5. The number of carbonyl (C=O) groups is 2. The fraction of sp³-hybridized carbons (Fsp3) is 0.955. The molecule has 0 aromatic rings. The van der Waals surface area contributed by atoms with E-state index in [2.05, 4.69) is 13.8 Å². The normalized spacial score (nSPS) is 12.0. The van der Waals surface area contributed by atoms with Crippen LogP contribution in [0, 0.1) is 0 Å². The number of carboxylic acid groups (broad SMARTS) is 1. The Morgan fingerprint density at radius 1 is 0.375 bits per heavy atom. The van der Waals surface area contributed by atoms with E-state index in [0.29, 0.717) is 6.42 Å². The third-order valence-electron chi connectivity index (χ3n) is 10.3. The number of hydrogen-bond acceptors (Lipinski definition) is 3. The summed E-state index contributed by atoms with van der Waals surface area (Å²) in [6.45, 7) is 4.57. The van der Waals surface area contributed by atoms with Crippen LogP contribution >= 0.6 is 0 Å². The highest BCUT2D eigenvalue weighted by Gasteiger charge is 2.14. The second kappa shape index (κ2) is 40.4. The molecule has 0 saturated heterocycles. The van der Waals surface area contributed by atoms with Gasteiger partial charge in [0.05, 0.1) is 0 Å². The predicted molar refractivity (Wildman–Crippen MR) is 209 cm³/mol. The molecule has 48 heavy (non-hydrogen) atoms. The zero-order chi connectivity index (χ0) is 35.0. The van der Waals surface area contributed by atoms with Crippen LogP contribution < -0.4 is 0 Å². The molecule has 1 unspecified atom stereocenters. The number of carbonyl (C=O) groups excluding carboxylic acids is 1. The van der Waals surface area contributed by atoms with Crippen molar-refractivity contribution in [1.29, 1.82) is 0 Å². The first-order chi connectivity index (χ1) is 23.6. The Morgan fingerprint density at radius 3 is 0.917 bits per heavy atom. The lowest BCUT2D eigenvalue weighted by molar-refractivity contribution is -0.150. The number of esters is 1. The maximum Gasteiger partial charge on any atom is 0.306 e. The minimum absolute atomic E-state index is 0.00259. The van der Waals surface area contributed by atoms with Crippen molar-refractivity contribution in [1.82, 2.24) is 0 Å². The van der Waals surface area contributed by atoms with Crippen LogP contribution in [0.15, 0.2) is 0 Å². The van der Waals surface area contributed by atoms with E-state index in [1.807, 2.05) is 0 Å². The van der Waals surface area contributed by atoms with Gasteiger partial charge in [-0.15, -0.1) is 0 Å². The molecule has 0 heterocycles. The van der Waals surface area contributed by atoms with Crippen LogP contribution in [0.4, 0.5) is 0 Å². The van der Waals surface area contributed by atoms with Gasteiger partial charge in [-0.05, 0) is 38.5 Å². The molecule has 286 valence electrons. The fourth-order valence-corrected chi connectivity index (χ4v) is 7.07. The second-order valence-corrected chi connectivity index (χ2v) is 15.3. The zero-order valence-electron chi connectivity index (χ0n) is 32.8. The summed E-state index contributed by atoms with van der Waals surface area (Å²) in [5.74, 6) is -0.707. The molecule has 0 rings (SSSR count). The third-order valence-corrected chi connectivity index (χ3v) is 10.3. The number of ether oxygens (including phenoxy) is 1. The number of carboxylic acids is 1. The Labute approximate surface area is 301 Å². The lowest BCUT2D eigenvalue weighted by Gasteiger charge is -2.18.